The summed E-state index contributed by atoms with van der Waals surface area (Å²) in [4.78, 5) is 12.6. The number of aromatic nitrogens is 3. The summed E-state index contributed by atoms with van der Waals surface area (Å²) in [5, 5.41) is 6.23. The number of halogens is 1. The van der Waals surface area contributed by atoms with Gasteiger partial charge < -0.3 is 15.4 Å². The lowest BCUT2D eigenvalue weighted by atomic mass is 10.3. The summed E-state index contributed by atoms with van der Waals surface area (Å²) in [5.74, 6) is 0.941. The third-order valence-corrected chi connectivity index (χ3v) is 2.96. The van der Waals surface area contributed by atoms with Crippen LogP contribution in [0.2, 0.25) is 0 Å². The predicted molar refractivity (Wildman–Crippen MR) is 82.6 cm³/mol. The molecule has 2 rings (SSSR count). The smallest absolute Gasteiger partial charge is 0.322 e. The highest BCUT2D eigenvalue weighted by Gasteiger charge is 2.06. The van der Waals surface area contributed by atoms with Crippen molar-refractivity contribution in [3.05, 3.63) is 28.7 Å². The molecule has 0 aliphatic heterocycles. The zero-order valence-corrected chi connectivity index (χ0v) is 12.9. The van der Waals surface area contributed by atoms with Gasteiger partial charge in [0.15, 0.2) is 0 Å². The molecule has 6 nitrogen and oxygen atoms in total. The topological polar surface area (TPSA) is 72.0 Å². The highest BCUT2D eigenvalue weighted by atomic mass is 79.9. The average Bonchev–Trinajstić information content (AvgIpc) is 2.47. The van der Waals surface area contributed by atoms with Crippen LogP contribution in [0.3, 0.4) is 0 Å². The summed E-state index contributed by atoms with van der Waals surface area (Å²) >= 11 is 3.39. The summed E-state index contributed by atoms with van der Waals surface area (Å²) in [6, 6.07) is 8.02. The normalized spacial score (nSPS) is 10.2. The Morgan fingerprint density at radius 1 is 1.10 bits per heavy atom. The third-order valence-electron chi connectivity index (χ3n) is 2.43. The summed E-state index contributed by atoms with van der Waals surface area (Å²) < 4.78 is 6.10. The minimum Gasteiger partial charge on any atom is -0.467 e. The number of hydrogen-bond donors (Lipinski definition) is 2. The lowest BCUT2D eigenvalue weighted by Crippen LogP contribution is -2.08. The number of hydrogen-bond acceptors (Lipinski definition) is 6. The Labute approximate surface area is 126 Å². The summed E-state index contributed by atoms with van der Waals surface area (Å²) in [7, 11) is 1.53. The van der Waals surface area contributed by atoms with Crippen molar-refractivity contribution in [1.82, 2.24) is 15.0 Å². The van der Waals surface area contributed by atoms with Crippen molar-refractivity contribution in [3.8, 4) is 6.01 Å². The summed E-state index contributed by atoms with van der Waals surface area (Å²) in [5.41, 5.74) is 0.892. The van der Waals surface area contributed by atoms with Gasteiger partial charge in [-0.05, 0) is 30.7 Å². The monoisotopic (exact) mass is 337 g/mol. The first-order valence-electron chi connectivity index (χ1n) is 6.28. The molecule has 1 aromatic carbocycles. The van der Waals surface area contributed by atoms with E-state index in [0.29, 0.717) is 11.9 Å². The van der Waals surface area contributed by atoms with Gasteiger partial charge in [0.05, 0.1) is 7.11 Å². The molecule has 1 aromatic heterocycles. The van der Waals surface area contributed by atoms with Crippen molar-refractivity contribution in [1.29, 1.82) is 0 Å². The van der Waals surface area contributed by atoms with Crippen LogP contribution >= 0.6 is 15.9 Å². The lowest BCUT2D eigenvalue weighted by molar-refractivity contribution is 0.379. The van der Waals surface area contributed by atoms with Crippen molar-refractivity contribution in [2.75, 3.05) is 24.3 Å². The number of nitrogens with one attached hydrogen (secondary N) is 2. The van der Waals surface area contributed by atoms with Crippen LogP contribution in [0.4, 0.5) is 17.6 Å². The molecule has 7 heteroatoms. The Morgan fingerprint density at radius 2 is 1.80 bits per heavy atom. The first kappa shape index (κ1) is 14.5. The van der Waals surface area contributed by atoms with Crippen molar-refractivity contribution >= 4 is 33.5 Å². The molecule has 0 saturated heterocycles. The predicted octanol–water partition coefficient (Wildman–Crippen LogP) is 3.21. The number of rotatable bonds is 6. The van der Waals surface area contributed by atoms with E-state index in [9.17, 15) is 0 Å². The van der Waals surface area contributed by atoms with Gasteiger partial charge in [-0.2, -0.15) is 15.0 Å². The van der Waals surface area contributed by atoms with Gasteiger partial charge in [-0.1, -0.05) is 22.9 Å². The maximum absolute atomic E-state index is 5.08. The second-order valence-electron chi connectivity index (χ2n) is 4.03. The molecular formula is C13H16BrN5O. The standard InChI is InChI=1S/C13H16BrN5O/c1-3-8-15-11-17-12(19-13(18-11)20-2)16-10-6-4-9(14)5-7-10/h4-7H,3,8H2,1-2H3,(H2,15,16,17,18,19). The molecule has 0 radical (unpaired) electrons. The van der Waals surface area contributed by atoms with E-state index in [-0.39, 0.29) is 6.01 Å². The molecule has 0 saturated carbocycles. The van der Waals surface area contributed by atoms with E-state index in [4.69, 9.17) is 4.74 Å². The average molecular weight is 338 g/mol. The number of benzene rings is 1. The van der Waals surface area contributed by atoms with Crippen molar-refractivity contribution in [2.24, 2.45) is 0 Å². The van der Waals surface area contributed by atoms with Crippen molar-refractivity contribution < 1.29 is 4.74 Å². The quantitative estimate of drug-likeness (QED) is 0.843. The molecule has 0 atom stereocenters. The Morgan fingerprint density at radius 3 is 2.45 bits per heavy atom. The zero-order chi connectivity index (χ0) is 14.4. The molecule has 0 aliphatic carbocycles. The van der Waals surface area contributed by atoms with E-state index in [2.05, 4.69) is 48.4 Å². The highest BCUT2D eigenvalue weighted by Crippen LogP contribution is 2.19. The van der Waals surface area contributed by atoms with E-state index in [1.165, 1.54) is 7.11 Å². The van der Waals surface area contributed by atoms with Crippen LogP contribution in [0.1, 0.15) is 13.3 Å². The van der Waals surface area contributed by atoms with Gasteiger partial charge in [-0.25, -0.2) is 0 Å². The molecular weight excluding hydrogens is 322 g/mol. The molecule has 0 spiro atoms. The fourth-order valence-corrected chi connectivity index (χ4v) is 1.75. The van der Waals surface area contributed by atoms with Crippen LogP contribution in [-0.4, -0.2) is 28.6 Å². The van der Waals surface area contributed by atoms with E-state index in [1.54, 1.807) is 0 Å². The largest absolute Gasteiger partial charge is 0.467 e. The van der Waals surface area contributed by atoms with Gasteiger partial charge in [0.2, 0.25) is 11.9 Å². The molecule has 0 fully saturated rings. The van der Waals surface area contributed by atoms with E-state index < -0.39 is 0 Å². The van der Waals surface area contributed by atoms with Gasteiger partial charge in [0.25, 0.3) is 0 Å². The molecule has 106 valence electrons. The molecule has 0 aliphatic rings. The van der Waals surface area contributed by atoms with E-state index in [1.807, 2.05) is 24.3 Å². The van der Waals surface area contributed by atoms with Crippen LogP contribution in [-0.2, 0) is 0 Å². The molecule has 0 unspecified atom stereocenters. The van der Waals surface area contributed by atoms with Gasteiger partial charge in [-0.3, -0.25) is 0 Å². The van der Waals surface area contributed by atoms with Crippen LogP contribution in [0.15, 0.2) is 28.7 Å². The second kappa shape index (κ2) is 7.04. The van der Waals surface area contributed by atoms with Crippen LogP contribution < -0.4 is 15.4 Å². The van der Waals surface area contributed by atoms with Crippen LogP contribution in [0.5, 0.6) is 6.01 Å². The number of anilines is 3. The fraction of sp³-hybridized carbons (Fsp3) is 0.308. The summed E-state index contributed by atoms with van der Waals surface area (Å²) in [6.45, 7) is 2.87. The van der Waals surface area contributed by atoms with Crippen molar-refractivity contribution in [3.63, 3.8) is 0 Å². The maximum Gasteiger partial charge on any atom is 0.322 e. The molecule has 0 amide bonds. The second-order valence-corrected chi connectivity index (χ2v) is 4.94. The Hall–Kier alpha value is -1.89. The van der Waals surface area contributed by atoms with E-state index in [0.717, 1.165) is 23.1 Å². The molecule has 0 bridgehead atoms. The Balaban J connectivity index is 2.19. The lowest BCUT2D eigenvalue weighted by Gasteiger charge is -2.09. The van der Waals surface area contributed by atoms with Gasteiger partial charge in [-0.15, -0.1) is 0 Å². The number of nitrogens with zero attached hydrogens (tertiary/aromatic N) is 3. The minimum atomic E-state index is 0.276. The molecule has 2 aromatic rings. The highest BCUT2D eigenvalue weighted by molar-refractivity contribution is 9.10. The first-order valence-corrected chi connectivity index (χ1v) is 7.07. The first-order chi connectivity index (χ1) is 9.71. The maximum atomic E-state index is 5.08. The Bertz CT molecular complexity index is 561. The molecule has 1 heterocycles. The minimum absolute atomic E-state index is 0.276. The van der Waals surface area contributed by atoms with Crippen molar-refractivity contribution in [2.45, 2.75) is 13.3 Å². The Kier molecular flexibility index (Phi) is 5.11. The summed E-state index contributed by atoms with van der Waals surface area (Å²) in [6.07, 6.45) is 0.990. The number of methoxy groups -OCH3 is 1. The van der Waals surface area contributed by atoms with Gasteiger partial charge in [0.1, 0.15) is 0 Å². The van der Waals surface area contributed by atoms with E-state index >= 15 is 0 Å². The number of ether oxygens (including phenoxy) is 1. The fourth-order valence-electron chi connectivity index (χ4n) is 1.48. The SMILES string of the molecule is CCCNc1nc(Nc2ccc(Br)cc2)nc(OC)n1. The zero-order valence-electron chi connectivity index (χ0n) is 11.4. The van der Waals surface area contributed by atoms with Crippen LogP contribution in [0, 0.1) is 0 Å². The molecule has 2 N–H and O–H groups in total. The van der Waals surface area contributed by atoms with Crippen LogP contribution in [0.25, 0.3) is 0 Å². The molecule has 20 heavy (non-hydrogen) atoms. The third kappa shape index (κ3) is 4.06. The van der Waals surface area contributed by atoms with Gasteiger partial charge in [0, 0.05) is 16.7 Å². The van der Waals surface area contributed by atoms with Gasteiger partial charge >= 0.3 is 6.01 Å².